The molecule has 110 valence electrons. The van der Waals surface area contributed by atoms with Crippen molar-refractivity contribution in [3.8, 4) is 0 Å². The molecule has 9 nitrogen and oxygen atoms in total. The van der Waals surface area contributed by atoms with Crippen LogP contribution in [-0.4, -0.2) is 45.1 Å². The van der Waals surface area contributed by atoms with Gasteiger partial charge in [0.15, 0.2) is 0 Å². The molecule has 1 fully saturated rings. The van der Waals surface area contributed by atoms with Gasteiger partial charge >= 0.3 is 0 Å². The zero-order valence-corrected chi connectivity index (χ0v) is 11.5. The molecule has 21 heavy (non-hydrogen) atoms. The van der Waals surface area contributed by atoms with Crippen molar-refractivity contribution in [3.63, 3.8) is 0 Å². The number of carbonyl (C=O) groups is 3. The highest BCUT2D eigenvalue weighted by Gasteiger charge is 2.36. The topological polar surface area (TPSA) is 123 Å². The molecule has 1 aliphatic heterocycles. The normalized spacial score (nSPS) is 18.4. The maximum Gasteiger partial charge on any atom is 0.300 e. The zero-order valence-electron chi connectivity index (χ0n) is 10.7. The third-order valence-corrected chi connectivity index (χ3v) is 3.17. The Morgan fingerprint density at radius 1 is 1.57 bits per heavy atom. The Bertz CT molecular complexity index is 662. The first kappa shape index (κ1) is 14.9. The van der Waals surface area contributed by atoms with Gasteiger partial charge in [0.1, 0.15) is 29.5 Å². The highest BCUT2D eigenvalue weighted by Crippen LogP contribution is 2.23. The van der Waals surface area contributed by atoms with Gasteiger partial charge in [0.05, 0.1) is 4.92 Å². The van der Waals surface area contributed by atoms with Crippen LogP contribution in [0.4, 0.5) is 5.69 Å². The van der Waals surface area contributed by atoms with Crippen molar-refractivity contribution in [3.05, 3.63) is 33.1 Å². The smallest absolute Gasteiger partial charge is 0.300 e. The Labute approximate surface area is 123 Å². The van der Waals surface area contributed by atoms with Crippen LogP contribution in [0, 0.1) is 10.1 Å². The fourth-order valence-corrected chi connectivity index (χ4v) is 2.01. The molecule has 0 saturated carbocycles. The maximum absolute atomic E-state index is 12.4. The number of nitro groups is 1. The molecule has 2 rings (SSSR count). The van der Waals surface area contributed by atoms with Crippen LogP contribution in [0.25, 0.3) is 0 Å². The van der Waals surface area contributed by atoms with E-state index in [9.17, 15) is 24.5 Å². The summed E-state index contributed by atoms with van der Waals surface area (Å²) in [6.07, 6.45) is 0.853. The number of carbonyl (C=O) groups excluding carboxylic acids is 3. The first-order valence-corrected chi connectivity index (χ1v) is 6.13. The second-order valence-electron chi connectivity index (χ2n) is 4.30. The molecule has 0 bridgehead atoms. The number of pyridine rings is 1. The van der Waals surface area contributed by atoms with Crippen LogP contribution in [0.5, 0.6) is 0 Å². The zero-order chi connectivity index (χ0) is 15.7. The number of nitrogens with zero attached hydrogens (tertiary/aromatic N) is 3. The molecule has 1 atom stereocenters. The predicted octanol–water partition coefficient (Wildman–Crippen LogP) is 0.130. The molecule has 1 unspecified atom stereocenters. The van der Waals surface area contributed by atoms with E-state index in [2.05, 4.69) is 10.3 Å². The summed E-state index contributed by atoms with van der Waals surface area (Å²) >= 11 is 5.65. The molecular formula is C11H9ClN4O5. The van der Waals surface area contributed by atoms with Crippen LogP contribution in [0.1, 0.15) is 17.3 Å². The lowest BCUT2D eigenvalue weighted by Crippen LogP contribution is -2.58. The molecule has 0 aromatic carbocycles. The molecule has 1 aliphatic rings. The number of piperazine rings is 1. The summed E-state index contributed by atoms with van der Waals surface area (Å²) < 4.78 is 0. The van der Waals surface area contributed by atoms with Crippen LogP contribution in [-0.2, 0) is 9.59 Å². The van der Waals surface area contributed by atoms with E-state index in [4.69, 9.17) is 11.6 Å². The van der Waals surface area contributed by atoms with Crippen molar-refractivity contribution in [2.45, 2.75) is 13.0 Å². The number of amides is 3. The van der Waals surface area contributed by atoms with E-state index in [1.54, 1.807) is 0 Å². The summed E-state index contributed by atoms with van der Waals surface area (Å²) in [5, 5.41) is 12.9. The molecular weight excluding hydrogens is 304 g/mol. The molecule has 1 aromatic rings. The Morgan fingerprint density at radius 2 is 2.24 bits per heavy atom. The van der Waals surface area contributed by atoms with E-state index in [0.29, 0.717) is 0 Å². The number of imide groups is 1. The number of halogens is 1. The van der Waals surface area contributed by atoms with E-state index in [-0.39, 0.29) is 17.3 Å². The van der Waals surface area contributed by atoms with E-state index in [0.717, 1.165) is 17.2 Å². The van der Waals surface area contributed by atoms with E-state index in [1.165, 1.54) is 6.92 Å². The molecule has 0 spiro atoms. The summed E-state index contributed by atoms with van der Waals surface area (Å²) in [6.45, 7) is 1.04. The van der Waals surface area contributed by atoms with Crippen molar-refractivity contribution in [1.82, 2.24) is 15.2 Å². The van der Waals surface area contributed by atoms with Crippen molar-refractivity contribution in [2.75, 3.05) is 6.54 Å². The van der Waals surface area contributed by atoms with Gasteiger partial charge in [-0.25, -0.2) is 4.98 Å². The standard InChI is InChI=1S/C11H9ClN4O5/c1-5-10(18)14-9(17)4-15(5)11(19)6-2-8(12)13-3-7(6)16(20)21/h2-3,5H,4H2,1H3,(H,14,17,18). The number of rotatable bonds is 2. The van der Waals surface area contributed by atoms with Gasteiger partial charge in [-0.15, -0.1) is 0 Å². The van der Waals surface area contributed by atoms with Crippen LogP contribution >= 0.6 is 11.6 Å². The fourth-order valence-electron chi connectivity index (χ4n) is 1.86. The van der Waals surface area contributed by atoms with Crippen LogP contribution in [0.15, 0.2) is 12.3 Å². The second-order valence-corrected chi connectivity index (χ2v) is 4.69. The molecule has 2 heterocycles. The quantitative estimate of drug-likeness (QED) is 0.358. The third-order valence-electron chi connectivity index (χ3n) is 2.96. The Balaban J connectivity index is 2.44. The minimum absolute atomic E-state index is 0.107. The van der Waals surface area contributed by atoms with E-state index >= 15 is 0 Å². The number of hydrogen-bond donors (Lipinski definition) is 1. The minimum Gasteiger partial charge on any atom is -0.317 e. The highest BCUT2D eigenvalue weighted by molar-refractivity contribution is 6.29. The van der Waals surface area contributed by atoms with Gasteiger partial charge in [-0.3, -0.25) is 29.8 Å². The molecule has 0 radical (unpaired) electrons. The van der Waals surface area contributed by atoms with E-state index < -0.39 is 34.4 Å². The second kappa shape index (κ2) is 5.44. The average molecular weight is 313 g/mol. The van der Waals surface area contributed by atoms with Crippen LogP contribution < -0.4 is 5.32 Å². The first-order valence-electron chi connectivity index (χ1n) is 5.76. The minimum atomic E-state index is -0.929. The lowest BCUT2D eigenvalue weighted by molar-refractivity contribution is -0.385. The van der Waals surface area contributed by atoms with Crippen LogP contribution in [0.2, 0.25) is 5.15 Å². The molecule has 1 saturated heterocycles. The van der Waals surface area contributed by atoms with Crippen molar-refractivity contribution >= 4 is 35.0 Å². The van der Waals surface area contributed by atoms with Crippen LogP contribution in [0.3, 0.4) is 0 Å². The highest BCUT2D eigenvalue weighted by atomic mass is 35.5. The van der Waals surface area contributed by atoms with E-state index in [1.807, 2.05) is 0 Å². The summed E-state index contributed by atoms with van der Waals surface area (Å²) in [4.78, 5) is 49.9. The Morgan fingerprint density at radius 3 is 2.86 bits per heavy atom. The molecule has 3 amide bonds. The lowest BCUT2D eigenvalue weighted by atomic mass is 10.1. The van der Waals surface area contributed by atoms with Gasteiger partial charge in [0, 0.05) is 0 Å². The number of aromatic nitrogens is 1. The summed E-state index contributed by atoms with van der Waals surface area (Å²) in [5.74, 6) is -2.14. The fraction of sp³-hybridized carbons (Fsp3) is 0.273. The van der Waals surface area contributed by atoms with Crippen molar-refractivity contribution in [2.24, 2.45) is 0 Å². The number of nitrogens with one attached hydrogen (secondary N) is 1. The van der Waals surface area contributed by atoms with Gasteiger partial charge in [-0.2, -0.15) is 0 Å². The van der Waals surface area contributed by atoms with Crippen molar-refractivity contribution in [1.29, 1.82) is 0 Å². The largest absolute Gasteiger partial charge is 0.317 e. The summed E-state index contributed by atoms with van der Waals surface area (Å²) in [5.41, 5.74) is -0.871. The van der Waals surface area contributed by atoms with Gasteiger partial charge in [0.2, 0.25) is 11.8 Å². The lowest BCUT2D eigenvalue weighted by Gasteiger charge is -2.31. The molecule has 0 aliphatic carbocycles. The monoisotopic (exact) mass is 312 g/mol. The van der Waals surface area contributed by atoms with Gasteiger partial charge in [-0.05, 0) is 13.0 Å². The van der Waals surface area contributed by atoms with Gasteiger partial charge in [0.25, 0.3) is 11.6 Å². The summed E-state index contributed by atoms with van der Waals surface area (Å²) in [6, 6.07) is 0.105. The molecule has 1 aromatic heterocycles. The Kier molecular flexibility index (Phi) is 3.85. The van der Waals surface area contributed by atoms with Gasteiger partial charge < -0.3 is 4.90 Å². The summed E-state index contributed by atoms with van der Waals surface area (Å²) in [7, 11) is 0. The average Bonchev–Trinajstić information content (AvgIpc) is 2.41. The number of hydrogen-bond acceptors (Lipinski definition) is 6. The Hall–Kier alpha value is -2.55. The van der Waals surface area contributed by atoms with Crippen molar-refractivity contribution < 1.29 is 19.3 Å². The maximum atomic E-state index is 12.4. The first-order chi connectivity index (χ1) is 9.81. The molecule has 1 N–H and O–H groups in total. The SMILES string of the molecule is CC1C(=O)NC(=O)CN1C(=O)c1cc(Cl)ncc1[N+](=O)[O-]. The molecule has 10 heteroatoms. The third kappa shape index (κ3) is 2.82. The van der Waals surface area contributed by atoms with Gasteiger partial charge in [-0.1, -0.05) is 11.6 Å². The predicted molar refractivity (Wildman–Crippen MR) is 69.5 cm³/mol.